The van der Waals surface area contributed by atoms with E-state index in [0.29, 0.717) is 5.01 Å². The molecule has 2 saturated heterocycles. The van der Waals surface area contributed by atoms with E-state index in [1.54, 1.807) is 12.4 Å². The molecule has 1 N–H and O–H groups in total. The molecule has 3 fully saturated rings. The van der Waals surface area contributed by atoms with Gasteiger partial charge in [-0.1, -0.05) is 25.3 Å². The molecule has 4 heterocycles. The first kappa shape index (κ1) is 23.4. The second-order valence-corrected chi connectivity index (χ2v) is 10.9. The van der Waals surface area contributed by atoms with E-state index >= 15 is 0 Å². The van der Waals surface area contributed by atoms with Crippen molar-refractivity contribution >= 4 is 40.5 Å². The third-order valence-electron chi connectivity index (χ3n) is 6.98. The standard InChI is InChI=1S/C24H27ClN4O4S/c1-13-7-8-15(9-26-13)18-10-27-23(34-18)22(31)28-19(14-5-3-2-4-6-14)24(32)29-11-16(25)21-20(29)17(30)12-33-21/h7-10,14,16,19-21H,2-6,11-12H2,1H3,(H,28,31)/t16-,19-,20+,21+/m0/s1. The summed E-state index contributed by atoms with van der Waals surface area (Å²) in [5.74, 6) is -0.758. The van der Waals surface area contributed by atoms with Gasteiger partial charge in [-0.3, -0.25) is 19.4 Å². The van der Waals surface area contributed by atoms with Crippen LogP contribution < -0.4 is 5.32 Å². The van der Waals surface area contributed by atoms with Crippen molar-refractivity contribution in [2.45, 2.75) is 62.6 Å². The third kappa shape index (κ3) is 4.48. The van der Waals surface area contributed by atoms with Gasteiger partial charge in [0.05, 0.1) is 10.3 Å². The highest BCUT2D eigenvalue weighted by atomic mass is 35.5. The normalized spacial score (nSPS) is 25.9. The van der Waals surface area contributed by atoms with E-state index in [0.717, 1.165) is 48.2 Å². The van der Waals surface area contributed by atoms with Crippen LogP contribution in [0.25, 0.3) is 10.4 Å². The number of pyridine rings is 1. The van der Waals surface area contributed by atoms with E-state index < -0.39 is 23.6 Å². The Balaban J connectivity index is 1.36. The number of hydrogen-bond acceptors (Lipinski definition) is 7. The molecule has 2 amide bonds. The van der Waals surface area contributed by atoms with Gasteiger partial charge in [-0.2, -0.15) is 0 Å². The number of amides is 2. The lowest BCUT2D eigenvalue weighted by Crippen LogP contribution is -2.55. The molecule has 0 aromatic carbocycles. The van der Waals surface area contributed by atoms with Gasteiger partial charge in [0, 0.05) is 30.2 Å². The largest absolute Gasteiger partial charge is 0.366 e. The highest BCUT2D eigenvalue weighted by Crippen LogP contribution is 2.34. The van der Waals surface area contributed by atoms with Crippen LogP contribution in [0.2, 0.25) is 0 Å². The number of aryl methyl sites for hydroxylation is 1. The van der Waals surface area contributed by atoms with Crippen LogP contribution in [0, 0.1) is 12.8 Å². The molecule has 0 unspecified atom stereocenters. The Morgan fingerprint density at radius 2 is 2.00 bits per heavy atom. The molecule has 5 rings (SSSR count). The number of rotatable bonds is 5. The van der Waals surface area contributed by atoms with Crippen LogP contribution in [0.15, 0.2) is 24.5 Å². The number of nitrogens with one attached hydrogen (secondary N) is 1. The Morgan fingerprint density at radius 1 is 1.21 bits per heavy atom. The molecule has 0 bridgehead atoms. The maximum Gasteiger partial charge on any atom is 0.280 e. The second-order valence-electron chi connectivity index (χ2n) is 9.26. The van der Waals surface area contributed by atoms with Crippen LogP contribution in [0.3, 0.4) is 0 Å². The van der Waals surface area contributed by atoms with Gasteiger partial charge in [0.25, 0.3) is 5.91 Å². The molecule has 10 heteroatoms. The van der Waals surface area contributed by atoms with Gasteiger partial charge in [-0.15, -0.1) is 22.9 Å². The minimum atomic E-state index is -0.725. The fourth-order valence-electron chi connectivity index (χ4n) is 5.18. The second kappa shape index (κ2) is 9.71. The Bertz CT molecular complexity index is 1080. The molecule has 0 radical (unpaired) electrons. The van der Waals surface area contributed by atoms with Crippen molar-refractivity contribution in [2.75, 3.05) is 13.2 Å². The summed E-state index contributed by atoms with van der Waals surface area (Å²) >= 11 is 7.67. The van der Waals surface area contributed by atoms with Crippen molar-refractivity contribution in [3.05, 3.63) is 35.2 Å². The summed E-state index contributed by atoms with van der Waals surface area (Å²) in [5.41, 5.74) is 1.80. The van der Waals surface area contributed by atoms with Crippen molar-refractivity contribution in [1.29, 1.82) is 0 Å². The monoisotopic (exact) mass is 502 g/mol. The number of halogens is 1. The Kier molecular flexibility index (Phi) is 6.68. The number of nitrogens with zero attached hydrogens (tertiary/aromatic N) is 3. The van der Waals surface area contributed by atoms with E-state index in [9.17, 15) is 14.4 Å². The van der Waals surface area contributed by atoms with Crippen molar-refractivity contribution in [1.82, 2.24) is 20.2 Å². The highest BCUT2D eigenvalue weighted by molar-refractivity contribution is 7.17. The number of fused-ring (bicyclic) bond motifs is 1. The zero-order valence-corrected chi connectivity index (χ0v) is 20.5. The van der Waals surface area contributed by atoms with Crippen molar-refractivity contribution < 1.29 is 19.1 Å². The maximum atomic E-state index is 13.7. The molecule has 1 saturated carbocycles. The maximum absolute atomic E-state index is 13.7. The van der Waals surface area contributed by atoms with Gasteiger partial charge in [-0.25, -0.2) is 4.98 Å². The number of ether oxygens (including phenoxy) is 1. The fraction of sp³-hybridized carbons (Fsp3) is 0.542. The molecular weight excluding hydrogens is 476 g/mol. The van der Waals surface area contributed by atoms with Crippen LogP contribution in [-0.2, 0) is 14.3 Å². The topological polar surface area (TPSA) is 101 Å². The smallest absolute Gasteiger partial charge is 0.280 e. The van der Waals surface area contributed by atoms with Gasteiger partial charge in [-0.05, 0) is 31.7 Å². The summed E-state index contributed by atoms with van der Waals surface area (Å²) in [7, 11) is 0. The molecule has 0 spiro atoms. The molecule has 1 aliphatic carbocycles. The van der Waals surface area contributed by atoms with E-state index in [1.165, 1.54) is 16.2 Å². The zero-order chi connectivity index (χ0) is 23.8. The predicted octanol–water partition coefficient (Wildman–Crippen LogP) is 2.98. The first-order valence-electron chi connectivity index (χ1n) is 11.7. The van der Waals surface area contributed by atoms with Gasteiger partial charge < -0.3 is 15.0 Å². The summed E-state index contributed by atoms with van der Waals surface area (Å²) in [5, 5.41) is 2.82. The van der Waals surface area contributed by atoms with Crippen molar-refractivity contribution in [3.8, 4) is 10.4 Å². The molecule has 2 aromatic heterocycles. The van der Waals surface area contributed by atoms with Crippen molar-refractivity contribution in [2.24, 2.45) is 5.92 Å². The van der Waals surface area contributed by atoms with Gasteiger partial charge >= 0.3 is 0 Å². The number of aromatic nitrogens is 2. The number of thiazole rings is 1. The molecule has 4 atom stereocenters. The number of hydrogen-bond donors (Lipinski definition) is 1. The van der Waals surface area contributed by atoms with Crippen LogP contribution in [0.4, 0.5) is 0 Å². The Labute approximate surface area is 207 Å². The Hall–Kier alpha value is -2.36. The molecule has 8 nitrogen and oxygen atoms in total. The average Bonchev–Trinajstić information content (AvgIpc) is 3.56. The van der Waals surface area contributed by atoms with Gasteiger partial charge in [0.2, 0.25) is 5.91 Å². The Morgan fingerprint density at radius 3 is 2.74 bits per heavy atom. The lowest BCUT2D eigenvalue weighted by Gasteiger charge is -2.34. The summed E-state index contributed by atoms with van der Waals surface area (Å²) in [6.45, 7) is 2.12. The summed E-state index contributed by atoms with van der Waals surface area (Å²) in [4.78, 5) is 50.3. The van der Waals surface area contributed by atoms with E-state index in [4.69, 9.17) is 16.3 Å². The van der Waals surface area contributed by atoms with Crippen molar-refractivity contribution in [3.63, 3.8) is 0 Å². The lowest BCUT2D eigenvalue weighted by molar-refractivity contribution is -0.139. The third-order valence-corrected chi connectivity index (χ3v) is 8.41. The number of carbonyl (C=O) groups is 3. The quantitative estimate of drug-likeness (QED) is 0.631. The first-order chi connectivity index (χ1) is 16.4. The fourth-order valence-corrected chi connectivity index (χ4v) is 6.35. The molecular formula is C24H27ClN4O4S. The van der Waals surface area contributed by atoms with Gasteiger partial charge in [0.1, 0.15) is 24.8 Å². The van der Waals surface area contributed by atoms with Crippen LogP contribution in [-0.4, -0.2) is 69.2 Å². The average molecular weight is 503 g/mol. The minimum absolute atomic E-state index is 0.0104. The van der Waals surface area contributed by atoms with E-state index in [1.807, 2.05) is 19.1 Å². The van der Waals surface area contributed by atoms with Crippen LogP contribution in [0.1, 0.15) is 47.6 Å². The van der Waals surface area contributed by atoms with Gasteiger partial charge in [0.15, 0.2) is 10.8 Å². The van der Waals surface area contributed by atoms with E-state index in [2.05, 4.69) is 15.3 Å². The zero-order valence-electron chi connectivity index (χ0n) is 18.9. The molecule has 180 valence electrons. The summed E-state index contributed by atoms with van der Waals surface area (Å²) < 4.78 is 5.53. The first-order valence-corrected chi connectivity index (χ1v) is 13.0. The SMILES string of the molecule is Cc1ccc(-c2cnc(C(=O)N[C@H](C(=O)N3C[C@H](Cl)[C@H]4OCC(=O)[C@H]43)C3CCCCC3)s2)cn1. The number of carbonyl (C=O) groups excluding carboxylic acids is 3. The number of likely N-dealkylation sites (tertiary alicyclic amines) is 1. The highest BCUT2D eigenvalue weighted by Gasteiger charge is 2.53. The molecule has 34 heavy (non-hydrogen) atoms. The van der Waals surface area contributed by atoms with Crippen LogP contribution in [0.5, 0.6) is 0 Å². The predicted molar refractivity (Wildman–Crippen MR) is 128 cm³/mol. The number of ketones is 1. The van der Waals surface area contributed by atoms with E-state index in [-0.39, 0.29) is 36.7 Å². The molecule has 2 aliphatic heterocycles. The summed E-state index contributed by atoms with van der Waals surface area (Å²) in [6.07, 6.45) is 7.78. The summed E-state index contributed by atoms with van der Waals surface area (Å²) in [6, 6.07) is 2.46. The lowest BCUT2D eigenvalue weighted by atomic mass is 9.83. The molecule has 3 aliphatic rings. The van der Waals surface area contributed by atoms with Crippen LogP contribution >= 0.6 is 22.9 Å². The number of Topliss-reactive ketones (excluding diaryl/α,β-unsaturated/α-hetero) is 1. The minimum Gasteiger partial charge on any atom is -0.366 e. The number of alkyl halides is 1. The molecule has 2 aromatic rings.